The molecule has 1 saturated carbocycles. The van der Waals surface area contributed by atoms with Crippen LogP contribution < -0.4 is 5.32 Å². The number of rotatable bonds is 5. The van der Waals surface area contributed by atoms with E-state index in [2.05, 4.69) is 10.3 Å². The third-order valence-corrected chi connectivity index (χ3v) is 8.49. The zero-order chi connectivity index (χ0) is 21.3. The number of fused-ring (bicyclic) bond motifs is 1. The van der Waals surface area contributed by atoms with Gasteiger partial charge in [-0.3, -0.25) is 4.79 Å². The average molecular weight is 444 g/mol. The Morgan fingerprint density at radius 1 is 1.10 bits per heavy atom. The van der Waals surface area contributed by atoms with E-state index >= 15 is 0 Å². The van der Waals surface area contributed by atoms with Crippen molar-refractivity contribution in [3.8, 4) is 0 Å². The number of nitrogens with zero attached hydrogens (tertiary/aromatic N) is 2. The van der Waals surface area contributed by atoms with Crippen molar-refractivity contribution in [2.45, 2.75) is 50.0 Å². The number of benzene rings is 2. The van der Waals surface area contributed by atoms with Gasteiger partial charge in [0.15, 0.2) is 0 Å². The van der Waals surface area contributed by atoms with E-state index in [1.54, 1.807) is 30.5 Å². The van der Waals surface area contributed by atoms with E-state index in [0.29, 0.717) is 11.3 Å². The number of hydrogen-bond donors (Lipinski definition) is 1. The first-order valence-electron chi connectivity index (χ1n) is 10.1. The molecule has 6 nitrogen and oxygen atoms in total. The summed E-state index contributed by atoms with van der Waals surface area (Å²) in [6.07, 6.45) is 5.11. The number of carbonyl (C=O) groups is 1. The van der Waals surface area contributed by atoms with Crippen molar-refractivity contribution < 1.29 is 13.2 Å². The van der Waals surface area contributed by atoms with E-state index in [1.165, 1.54) is 22.9 Å². The number of thiazole rings is 1. The van der Waals surface area contributed by atoms with Gasteiger partial charge in [0.05, 0.1) is 20.1 Å². The maximum absolute atomic E-state index is 13.0. The predicted octanol–water partition coefficient (Wildman–Crippen LogP) is 4.81. The predicted molar refractivity (Wildman–Crippen MR) is 121 cm³/mol. The Kier molecular flexibility index (Phi) is 5.90. The Bertz CT molecular complexity index is 1160. The minimum Gasteiger partial charge on any atom is -0.322 e. The maximum atomic E-state index is 13.0. The molecule has 4 rings (SSSR count). The highest BCUT2D eigenvalue weighted by atomic mass is 32.2. The van der Waals surface area contributed by atoms with E-state index in [-0.39, 0.29) is 16.8 Å². The van der Waals surface area contributed by atoms with Crippen molar-refractivity contribution >= 4 is 43.2 Å². The van der Waals surface area contributed by atoms with Crippen molar-refractivity contribution in [1.82, 2.24) is 9.29 Å². The van der Waals surface area contributed by atoms with Crippen LogP contribution in [0.2, 0.25) is 0 Å². The lowest BCUT2D eigenvalue weighted by Crippen LogP contribution is -2.38. The number of aryl methyl sites for hydroxylation is 1. The third-order valence-electron chi connectivity index (χ3n) is 5.64. The highest BCUT2D eigenvalue weighted by Crippen LogP contribution is 2.27. The second kappa shape index (κ2) is 8.45. The van der Waals surface area contributed by atoms with Gasteiger partial charge in [0.2, 0.25) is 10.0 Å². The lowest BCUT2D eigenvalue weighted by molar-refractivity contribution is 0.102. The molecule has 2 aromatic carbocycles. The third kappa shape index (κ3) is 4.26. The largest absolute Gasteiger partial charge is 0.322 e. The maximum Gasteiger partial charge on any atom is 0.255 e. The Balaban J connectivity index is 1.48. The Morgan fingerprint density at radius 2 is 1.80 bits per heavy atom. The van der Waals surface area contributed by atoms with E-state index in [0.717, 1.165) is 40.9 Å². The first-order chi connectivity index (χ1) is 14.3. The molecule has 1 amide bonds. The summed E-state index contributed by atoms with van der Waals surface area (Å²) in [6, 6.07) is 11.8. The number of carbonyl (C=O) groups excluding carboxylic acids is 1. The van der Waals surface area contributed by atoms with Crippen LogP contribution in [0.4, 0.5) is 5.69 Å². The zero-order valence-corrected chi connectivity index (χ0v) is 18.7. The van der Waals surface area contributed by atoms with Gasteiger partial charge in [0.1, 0.15) is 0 Å². The van der Waals surface area contributed by atoms with E-state index < -0.39 is 10.0 Å². The quantitative estimate of drug-likeness (QED) is 0.614. The van der Waals surface area contributed by atoms with Crippen LogP contribution in [0.3, 0.4) is 0 Å². The van der Waals surface area contributed by atoms with Gasteiger partial charge in [-0.25, -0.2) is 13.4 Å². The molecular formula is C22H25N3O3S2. The molecule has 158 valence electrons. The molecule has 0 atom stereocenters. The van der Waals surface area contributed by atoms with Crippen LogP contribution in [0.5, 0.6) is 0 Å². The highest BCUT2D eigenvalue weighted by Gasteiger charge is 2.29. The normalized spacial score (nSPS) is 15.6. The summed E-state index contributed by atoms with van der Waals surface area (Å²) >= 11 is 1.57. The minimum atomic E-state index is -3.57. The van der Waals surface area contributed by atoms with Gasteiger partial charge in [-0.15, -0.1) is 11.3 Å². The van der Waals surface area contributed by atoms with E-state index in [1.807, 2.05) is 25.1 Å². The first-order valence-corrected chi connectivity index (χ1v) is 12.4. The summed E-state index contributed by atoms with van der Waals surface area (Å²) in [6.45, 7) is 1.95. The van der Waals surface area contributed by atoms with E-state index in [4.69, 9.17) is 0 Å². The Morgan fingerprint density at radius 3 is 2.50 bits per heavy atom. The molecule has 0 aliphatic heterocycles. The topological polar surface area (TPSA) is 79.4 Å². The van der Waals surface area contributed by atoms with Crippen LogP contribution in [0.25, 0.3) is 10.2 Å². The van der Waals surface area contributed by atoms with Gasteiger partial charge in [0, 0.05) is 24.3 Å². The molecule has 0 bridgehead atoms. The molecule has 1 aromatic heterocycles. The fourth-order valence-corrected chi connectivity index (χ4v) is 6.19. The van der Waals surface area contributed by atoms with Crippen molar-refractivity contribution in [3.05, 3.63) is 53.0 Å². The molecule has 3 aromatic rings. The summed E-state index contributed by atoms with van der Waals surface area (Å²) < 4.78 is 28.4. The highest BCUT2D eigenvalue weighted by molar-refractivity contribution is 7.89. The lowest BCUT2D eigenvalue weighted by Gasteiger charge is -2.30. The van der Waals surface area contributed by atoms with Gasteiger partial charge in [-0.1, -0.05) is 19.3 Å². The average Bonchev–Trinajstić information content (AvgIpc) is 3.13. The van der Waals surface area contributed by atoms with Crippen molar-refractivity contribution in [2.75, 3.05) is 12.4 Å². The molecule has 0 saturated heterocycles. The Labute approximate surface area is 181 Å². The smallest absolute Gasteiger partial charge is 0.255 e. The molecule has 1 aliphatic rings. The molecule has 0 unspecified atom stereocenters. The summed E-state index contributed by atoms with van der Waals surface area (Å²) in [5.74, 6) is -0.278. The molecule has 1 fully saturated rings. The molecule has 1 heterocycles. The van der Waals surface area contributed by atoms with E-state index in [9.17, 15) is 13.2 Å². The summed E-state index contributed by atoms with van der Waals surface area (Å²) in [4.78, 5) is 17.2. The molecule has 1 aliphatic carbocycles. The molecule has 0 spiro atoms. The van der Waals surface area contributed by atoms with Gasteiger partial charge in [0.25, 0.3) is 5.91 Å². The molecule has 8 heteroatoms. The zero-order valence-electron chi connectivity index (χ0n) is 17.1. The van der Waals surface area contributed by atoms with Crippen LogP contribution in [0, 0.1) is 6.92 Å². The summed E-state index contributed by atoms with van der Waals surface area (Å²) in [5, 5.41) is 3.85. The molecule has 0 radical (unpaired) electrons. The van der Waals surface area contributed by atoms with Crippen LogP contribution in [0.1, 0.15) is 47.5 Å². The SMILES string of the molecule is Cc1nc2ccc(NC(=O)c3ccc(S(=O)(=O)N(C)C4CCCCC4)cc3)cc2s1. The standard InChI is InChI=1S/C22H25N3O3S2/c1-15-23-20-13-10-17(14-21(20)29-15)24-22(26)16-8-11-19(12-9-16)30(27,28)25(2)18-6-4-3-5-7-18/h8-14,18H,3-7H2,1-2H3,(H,24,26). The van der Waals surface area contributed by atoms with Crippen LogP contribution in [-0.4, -0.2) is 36.7 Å². The van der Waals surface area contributed by atoms with Gasteiger partial charge < -0.3 is 5.32 Å². The van der Waals surface area contributed by atoms with Crippen molar-refractivity contribution in [3.63, 3.8) is 0 Å². The fourth-order valence-electron chi connectivity index (χ4n) is 3.91. The fraction of sp³-hybridized carbons (Fsp3) is 0.364. The Hall–Kier alpha value is -2.29. The number of hydrogen-bond acceptors (Lipinski definition) is 5. The van der Waals surface area contributed by atoms with Crippen molar-refractivity contribution in [2.24, 2.45) is 0 Å². The first kappa shape index (κ1) is 21.0. The second-order valence-corrected chi connectivity index (χ2v) is 10.9. The number of aromatic nitrogens is 1. The van der Waals surface area contributed by atoms with Gasteiger partial charge in [-0.2, -0.15) is 4.31 Å². The van der Waals surface area contributed by atoms with Gasteiger partial charge in [-0.05, 0) is 62.2 Å². The number of anilines is 1. The monoisotopic (exact) mass is 443 g/mol. The lowest BCUT2D eigenvalue weighted by atomic mass is 9.96. The van der Waals surface area contributed by atoms with Crippen LogP contribution in [0.15, 0.2) is 47.4 Å². The number of sulfonamides is 1. The number of amides is 1. The minimum absolute atomic E-state index is 0.0528. The summed E-state index contributed by atoms with van der Waals surface area (Å²) in [7, 11) is -1.91. The number of nitrogens with one attached hydrogen (secondary N) is 1. The van der Waals surface area contributed by atoms with Crippen LogP contribution in [-0.2, 0) is 10.0 Å². The second-order valence-electron chi connectivity index (χ2n) is 7.71. The molecule has 1 N–H and O–H groups in total. The summed E-state index contributed by atoms with van der Waals surface area (Å²) in [5.41, 5.74) is 2.01. The molecular weight excluding hydrogens is 418 g/mol. The molecule has 30 heavy (non-hydrogen) atoms. The van der Waals surface area contributed by atoms with Crippen molar-refractivity contribution in [1.29, 1.82) is 0 Å². The van der Waals surface area contributed by atoms with Gasteiger partial charge >= 0.3 is 0 Å². The van der Waals surface area contributed by atoms with Crippen LogP contribution >= 0.6 is 11.3 Å².